The highest BCUT2D eigenvalue weighted by Gasteiger charge is 2.08. The van der Waals surface area contributed by atoms with E-state index in [1.807, 2.05) is 5.38 Å². The van der Waals surface area contributed by atoms with Gasteiger partial charge in [0.05, 0.1) is 5.56 Å². The molecule has 0 spiro atoms. The topological polar surface area (TPSA) is 23.8 Å². The van der Waals surface area contributed by atoms with E-state index in [2.05, 4.69) is 47.0 Å². The fourth-order valence-electron chi connectivity index (χ4n) is 1.29. The highest BCUT2D eigenvalue weighted by molar-refractivity contribution is 14.1. The van der Waals surface area contributed by atoms with E-state index < -0.39 is 0 Å². The molecular formula is C10H6INS2. The van der Waals surface area contributed by atoms with Crippen molar-refractivity contribution < 1.29 is 0 Å². The Morgan fingerprint density at radius 1 is 1.50 bits per heavy atom. The summed E-state index contributed by atoms with van der Waals surface area (Å²) in [6, 6.07) is 6.50. The highest BCUT2D eigenvalue weighted by Crippen LogP contribution is 2.33. The van der Waals surface area contributed by atoms with Crippen LogP contribution in [0.2, 0.25) is 0 Å². The van der Waals surface area contributed by atoms with Crippen molar-refractivity contribution >= 4 is 55.8 Å². The van der Waals surface area contributed by atoms with Crippen LogP contribution in [0.1, 0.15) is 5.56 Å². The van der Waals surface area contributed by atoms with Crippen molar-refractivity contribution in [1.29, 1.82) is 5.26 Å². The summed E-state index contributed by atoms with van der Waals surface area (Å²) < 4.78 is 2.38. The fraction of sp³-hybridized carbons (Fsp3) is 0.100. The first-order chi connectivity index (χ1) is 6.76. The molecule has 0 amide bonds. The van der Waals surface area contributed by atoms with E-state index in [0.29, 0.717) is 0 Å². The molecular weight excluding hydrogens is 325 g/mol. The number of nitrogens with zero attached hydrogens (tertiary/aromatic N) is 1. The predicted molar refractivity (Wildman–Crippen MR) is 71.0 cm³/mol. The Morgan fingerprint density at radius 3 is 2.93 bits per heavy atom. The van der Waals surface area contributed by atoms with Crippen LogP contribution in [-0.2, 0) is 0 Å². The second kappa shape index (κ2) is 4.09. The minimum absolute atomic E-state index is 0.794. The Balaban J connectivity index is 2.80. The van der Waals surface area contributed by atoms with Gasteiger partial charge in [0.1, 0.15) is 6.07 Å². The summed E-state index contributed by atoms with van der Waals surface area (Å²) in [7, 11) is 0. The Kier molecular flexibility index (Phi) is 3.00. The van der Waals surface area contributed by atoms with Crippen LogP contribution in [0.15, 0.2) is 22.4 Å². The van der Waals surface area contributed by atoms with Gasteiger partial charge in [-0.2, -0.15) is 5.26 Å². The van der Waals surface area contributed by atoms with Gasteiger partial charge >= 0.3 is 0 Å². The average Bonchev–Trinajstić information content (AvgIpc) is 2.61. The van der Waals surface area contributed by atoms with Gasteiger partial charge in [-0.05, 0) is 41.0 Å². The van der Waals surface area contributed by atoms with E-state index in [1.165, 1.54) is 13.2 Å². The number of rotatable bonds is 1. The molecule has 1 heterocycles. The molecule has 1 nitrogen and oxygen atoms in total. The smallest absolute Gasteiger partial charge is 0.101 e. The molecule has 4 heteroatoms. The Morgan fingerprint density at radius 2 is 2.29 bits per heavy atom. The summed E-state index contributed by atoms with van der Waals surface area (Å²) in [6.45, 7) is 0. The molecule has 0 fully saturated rings. The van der Waals surface area contributed by atoms with Gasteiger partial charge in [-0.15, -0.1) is 23.1 Å². The predicted octanol–water partition coefficient (Wildman–Crippen LogP) is 4.10. The van der Waals surface area contributed by atoms with Gasteiger partial charge in [-0.1, -0.05) is 0 Å². The number of hydrogen-bond acceptors (Lipinski definition) is 3. The van der Waals surface area contributed by atoms with Crippen molar-refractivity contribution in [1.82, 2.24) is 0 Å². The van der Waals surface area contributed by atoms with Crippen molar-refractivity contribution in [2.24, 2.45) is 0 Å². The molecule has 1 aromatic heterocycles. The molecule has 0 unspecified atom stereocenters. The first kappa shape index (κ1) is 10.3. The number of thioether (sulfide) groups is 1. The van der Waals surface area contributed by atoms with Crippen LogP contribution in [0.4, 0.5) is 0 Å². The molecule has 0 bridgehead atoms. The third kappa shape index (κ3) is 1.64. The van der Waals surface area contributed by atoms with E-state index in [9.17, 15) is 0 Å². The van der Waals surface area contributed by atoms with Crippen LogP contribution in [0.5, 0.6) is 0 Å². The molecule has 14 heavy (non-hydrogen) atoms. The highest BCUT2D eigenvalue weighted by atomic mass is 127. The maximum absolute atomic E-state index is 8.92. The van der Waals surface area contributed by atoms with E-state index in [1.54, 1.807) is 23.1 Å². The van der Waals surface area contributed by atoms with Crippen LogP contribution in [0.3, 0.4) is 0 Å². The van der Waals surface area contributed by atoms with Gasteiger partial charge in [0.2, 0.25) is 0 Å². The molecule has 0 aliphatic rings. The minimum Gasteiger partial charge on any atom is -0.192 e. The molecule has 0 saturated heterocycles. The van der Waals surface area contributed by atoms with Crippen LogP contribution < -0.4 is 0 Å². The summed E-state index contributed by atoms with van der Waals surface area (Å²) >= 11 is 5.67. The molecule has 0 aliphatic carbocycles. The molecule has 0 saturated carbocycles. The van der Waals surface area contributed by atoms with Crippen LogP contribution in [-0.4, -0.2) is 6.26 Å². The zero-order chi connectivity index (χ0) is 10.1. The quantitative estimate of drug-likeness (QED) is 0.580. The number of benzene rings is 1. The van der Waals surface area contributed by atoms with Crippen molar-refractivity contribution in [3.63, 3.8) is 0 Å². The van der Waals surface area contributed by atoms with E-state index >= 15 is 0 Å². The SMILES string of the molecule is CSc1cc(I)c2c(C#N)csc2c1. The number of halogens is 1. The maximum Gasteiger partial charge on any atom is 0.101 e. The standard InChI is InChI=1S/C10H6INS2/c1-13-7-2-8(11)10-6(4-12)5-14-9(10)3-7/h2-3,5H,1H3. The van der Waals surface area contributed by atoms with Gasteiger partial charge in [0, 0.05) is 23.9 Å². The molecule has 70 valence electrons. The second-order valence-corrected chi connectivity index (χ2v) is 5.70. The van der Waals surface area contributed by atoms with Gasteiger partial charge < -0.3 is 0 Å². The number of thiophene rings is 1. The van der Waals surface area contributed by atoms with Crippen LogP contribution in [0.25, 0.3) is 10.1 Å². The summed E-state index contributed by atoms with van der Waals surface area (Å²) in [5.74, 6) is 0. The van der Waals surface area contributed by atoms with Gasteiger partial charge in [-0.25, -0.2) is 0 Å². The van der Waals surface area contributed by atoms with E-state index in [4.69, 9.17) is 5.26 Å². The lowest BCUT2D eigenvalue weighted by Crippen LogP contribution is -1.78. The lowest BCUT2D eigenvalue weighted by Gasteiger charge is -1.99. The third-order valence-corrected chi connectivity index (χ3v) is 4.44. The van der Waals surface area contributed by atoms with Gasteiger partial charge in [0.25, 0.3) is 0 Å². The Hall–Kier alpha value is -0.250. The van der Waals surface area contributed by atoms with E-state index in [0.717, 1.165) is 10.9 Å². The van der Waals surface area contributed by atoms with Crippen LogP contribution >= 0.6 is 45.7 Å². The molecule has 2 rings (SSSR count). The molecule has 0 aliphatic heterocycles. The summed E-state index contributed by atoms with van der Waals surface area (Å²) in [4.78, 5) is 1.26. The minimum atomic E-state index is 0.794. The largest absolute Gasteiger partial charge is 0.192 e. The van der Waals surface area contributed by atoms with Crippen LogP contribution in [0, 0.1) is 14.9 Å². The third-order valence-electron chi connectivity index (χ3n) is 1.96. The zero-order valence-corrected chi connectivity index (χ0v) is 11.2. The second-order valence-electron chi connectivity index (χ2n) is 2.74. The Bertz CT molecular complexity index is 525. The molecule has 2 aromatic rings. The zero-order valence-electron chi connectivity index (χ0n) is 7.37. The van der Waals surface area contributed by atoms with Gasteiger partial charge in [0.15, 0.2) is 0 Å². The van der Waals surface area contributed by atoms with Crippen molar-refractivity contribution in [3.8, 4) is 6.07 Å². The molecule has 1 aromatic carbocycles. The molecule has 0 N–H and O–H groups in total. The summed E-state index contributed by atoms with van der Waals surface area (Å²) in [5.41, 5.74) is 0.794. The first-order valence-electron chi connectivity index (χ1n) is 3.91. The van der Waals surface area contributed by atoms with Gasteiger partial charge in [-0.3, -0.25) is 0 Å². The number of fused-ring (bicyclic) bond motifs is 1. The summed E-state index contributed by atoms with van der Waals surface area (Å²) in [5, 5.41) is 12.0. The van der Waals surface area contributed by atoms with Crippen molar-refractivity contribution in [3.05, 3.63) is 26.6 Å². The normalized spacial score (nSPS) is 10.4. The summed E-state index contributed by atoms with van der Waals surface area (Å²) in [6.07, 6.45) is 2.07. The Labute approximate surface area is 104 Å². The first-order valence-corrected chi connectivity index (χ1v) is 7.09. The number of nitriles is 1. The lowest BCUT2D eigenvalue weighted by molar-refractivity contribution is 1.49. The maximum atomic E-state index is 8.92. The average molecular weight is 331 g/mol. The van der Waals surface area contributed by atoms with E-state index in [-0.39, 0.29) is 0 Å². The number of hydrogen-bond donors (Lipinski definition) is 0. The monoisotopic (exact) mass is 331 g/mol. The molecule has 0 radical (unpaired) electrons. The lowest BCUT2D eigenvalue weighted by atomic mass is 10.2. The van der Waals surface area contributed by atoms with Crippen molar-refractivity contribution in [2.45, 2.75) is 4.90 Å². The molecule has 0 atom stereocenters. The van der Waals surface area contributed by atoms with Crippen molar-refractivity contribution in [2.75, 3.05) is 6.26 Å². The fourth-order valence-corrected chi connectivity index (χ4v) is 4.10.